The minimum absolute atomic E-state index is 1.17. The van der Waals surface area contributed by atoms with Crippen LogP contribution in [0.2, 0.25) is 0 Å². The Morgan fingerprint density at radius 3 is 1.07 bits per heavy atom. The molecule has 0 N–H and O–H groups in total. The lowest BCUT2D eigenvalue weighted by Gasteiger charge is -2.06. The molecule has 0 atom stereocenters. The van der Waals surface area contributed by atoms with E-state index >= 15 is 0 Å². The molecule has 0 unspecified atom stereocenters. The van der Waals surface area contributed by atoms with E-state index in [4.69, 9.17) is 4.98 Å². The largest absolute Gasteiger partial charge is 0.258 e. The molecule has 1 heteroatoms. The maximum absolute atomic E-state index is 4.92. The Hall–Kier alpha value is -0.850. The first-order valence-electron chi connectivity index (χ1n) is 13.8. The molecule has 0 bridgehead atoms. The average Bonchev–Trinajstić information content (AvgIpc) is 2.76. The van der Waals surface area contributed by atoms with Crippen LogP contribution in [0.5, 0.6) is 0 Å². The van der Waals surface area contributed by atoms with Crippen molar-refractivity contribution in [1.82, 2.24) is 4.98 Å². The van der Waals surface area contributed by atoms with E-state index in [1.807, 2.05) is 0 Å². The fraction of sp³-hybridized carbons (Fsp3) is 0.828. The second kappa shape index (κ2) is 21.4. The topological polar surface area (TPSA) is 12.9 Å². The molecule has 0 aliphatic heterocycles. The van der Waals surface area contributed by atoms with Crippen LogP contribution in [0.15, 0.2) is 18.2 Å². The van der Waals surface area contributed by atoms with Gasteiger partial charge in [0.15, 0.2) is 0 Å². The number of pyridine rings is 1. The normalized spacial score (nSPS) is 11.3. The second-order valence-corrected chi connectivity index (χ2v) is 9.48. The monoisotopic (exact) mass is 415 g/mol. The number of rotatable bonds is 22. The van der Waals surface area contributed by atoms with Crippen molar-refractivity contribution in [1.29, 1.82) is 0 Å². The van der Waals surface area contributed by atoms with E-state index in [0.717, 1.165) is 0 Å². The van der Waals surface area contributed by atoms with Crippen molar-refractivity contribution in [2.24, 2.45) is 0 Å². The Bertz CT molecular complexity index is 428. The molecular weight excluding hydrogens is 362 g/mol. The van der Waals surface area contributed by atoms with Crippen molar-refractivity contribution in [3.8, 4) is 0 Å². The highest BCUT2D eigenvalue weighted by atomic mass is 14.7. The Balaban J connectivity index is 1.97. The maximum atomic E-state index is 4.92. The van der Waals surface area contributed by atoms with E-state index in [-0.39, 0.29) is 0 Å². The third-order valence-corrected chi connectivity index (χ3v) is 6.44. The molecule has 30 heavy (non-hydrogen) atoms. The number of hydrogen-bond donors (Lipinski definition) is 0. The predicted octanol–water partition coefficient (Wildman–Crippen LogP) is 10.0. The van der Waals surface area contributed by atoms with E-state index in [2.05, 4.69) is 32.0 Å². The van der Waals surface area contributed by atoms with Gasteiger partial charge in [0.25, 0.3) is 0 Å². The van der Waals surface area contributed by atoms with Crippen molar-refractivity contribution >= 4 is 0 Å². The summed E-state index contributed by atoms with van der Waals surface area (Å²) in [5.74, 6) is 0. The molecule has 0 amide bonds. The summed E-state index contributed by atoms with van der Waals surface area (Å²) in [5.41, 5.74) is 2.64. The van der Waals surface area contributed by atoms with E-state index in [1.54, 1.807) is 0 Å². The highest BCUT2D eigenvalue weighted by Crippen LogP contribution is 2.14. The number of unbranched alkanes of at least 4 members (excludes halogenated alkanes) is 18. The molecule has 174 valence electrons. The smallest absolute Gasteiger partial charge is 0.0406 e. The van der Waals surface area contributed by atoms with Crippen LogP contribution in [-0.4, -0.2) is 4.98 Å². The van der Waals surface area contributed by atoms with Gasteiger partial charge in [-0.05, 0) is 37.8 Å². The van der Waals surface area contributed by atoms with Gasteiger partial charge in [0.05, 0.1) is 0 Å². The fourth-order valence-corrected chi connectivity index (χ4v) is 4.39. The van der Waals surface area contributed by atoms with Gasteiger partial charge in [0.2, 0.25) is 0 Å². The van der Waals surface area contributed by atoms with Crippen LogP contribution in [0.4, 0.5) is 0 Å². The van der Waals surface area contributed by atoms with Crippen molar-refractivity contribution in [2.45, 2.75) is 155 Å². The Labute approximate surface area is 189 Å². The predicted molar refractivity (Wildman–Crippen MR) is 135 cm³/mol. The second-order valence-electron chi connectivity index (χ2n) is 9.48. The zero-order chi connectivity index (χ0) is 21.5. The lowest BCUT2D eigenvalue weighted by molar-refractivity contribution is 0.553. The van der Waals surface area contributed by atoms with Gasteiger partial charge in [0.1, 0.15) is 0 Å². The van der Waals surface area contributed by atoms with Gasteiger partial charge in [-0.2, -0.15) is 0 Å². The lowest BCUT2D eigenvalue weighted by atomic mass is 10.0. The molecule has 0 saturated heterocycles. The van der Waals surface area contributed by atoms with E-state index in [0.29, 0.717) is 0 Å². The molecule has 0 aromatic carbocycles. The van der Waals surface area contributed by atoms with Crippen LogP contribution < -0.4 is 0 Å². The minimum atomic E-state index is 1.17. The first-order valence-corrected chi connectivity index (χ1v) is 13.8. The molecule has 1 aromatic heterocycles. The zero-order valence-electron chi connectivity index (χ0n) is 20.7. The molecule has 0 aliphatic carbocycles. The Kier molecular flexibility index (Phi) is 19.4. The summed E-state index contributed by atoms with van der Waals surface area (Å²) in [6.45, 7) is 4.59. The van der Waals surface area contributed by atoms with Gasteiger partial charge >= 0.3 is 0 Å². The summed E-state index contributed by atoms with van der Waals surface area (Å²) in [7, 11) is 0. The van der Waals surface area contributed by atoms with E-state index in [1.165, 1.54) is 153 Å². The molecule has 0 spiro atoms. The van der Waals surface area contributed by atoms with Crippen molar-refractivity contribution in [3.63, 3.8) is 0 Å². The van der Waals surface area contributed by atoms with Crippen LogP contribution in [0.25, 0.3) is 0 Å². The van der Waals surface area contributed by atoms with Crippen LogP contribution in [0.1, 0.15) is 154 Å². The molecule has 1 nitrogen and oxygen atoms in total. The Morgan fingerprint density at radius 2 is 0.733 bits per heavy atom. The highest BCUT2D eigenvalue weighted by Gasteiger charge is 2.00. The third-order valence-electron chi connectivity index (χ3n) is 6.44. The number of aryl methyl sites for hydroxylation is 2. The number of hydrogen-bond acceptors (Lipinski definition) is 1. The quantitative estimate of drug-likeness (QED) is 0.172. The lowest BCUT2D eigenvalue weighted by Crippen LogP contribution is -1.96. The van der Waals surface area contributed by atoms with Gasteiger partial charge in [-0.1, -0.05) is 135 Å². The zero-order valence-corrected chi connectivity index (χ0v) is 20.7. The third kappa shape index (κ3) is 16.9. The van der Waals surface area contributed by atoms with Gasteiger partial charge in [-0.15, -0.1) is 0 Å². The first-order chi connectivity index (χ1) is 14.9. The minimum Gasteiger partial charge on any atom is -0.258 e. The van der Waals surface area contributed by atoms with Crippen LogP contribution in [0, 0.1) is 0 Å². The molecule has 1 rings (SSSR count). The summed E-state index contributed by atoms with van der Waals surface area (Å²) in [5, 5.41) is 0. The van der Waals surface area contributed by atoms with E-state index < -0.39 is 0 Å². The molecule has 0 fully saturated rings. The summed E-state index contributed by atoms with van der Waals surface area (Å²) in [6, 6.07) is 6.69. The van der Waals surface area contributed by atoms with Gasteiger partial charge < -0.3 is 0 Å². The highest BCUT2D eigenvalue weighted by molar-refractivity contribution is 5.11. The van der Waals surface area contributed by atoms with Crippen LogP contribution >= 0.6 is 0 Å². The Morgan fingerprint density at radius 1 is 0.433 bits per heavy atom. The van der Waals surface area contributed by atoms with Gasteiger partial charge in [0, 0.05) is 11.4 Å². The fourth-order valence-electron chi connectivity index (χ4n) is 4.39. The summed E-state index contributed by atoms with van der Waals surface area (Å²) < 4.78 is 0. The van der Waals surface area contributed by atoms with Crippen molar-refractivity contribution in [2.75, 3.05) is 0 Å². The molecule has 0 saturated carbocycles. The molecule has 1 aromatic rings. The SMILES string of the molecule is CCCCCCCCCCCCc1cccc(CCCCCCCCCCCC)n1. The van der Waals surface area contributed by atoms with Crippen molar-refractivity contribution < 1.29 is 0 Å². The summed E-state index contributed by atoms with van der Waals surface area (Å²) in [4.78, 5) is 4.92. The van der Waals surface area contributed by atoms with Crippen LogP contribution in [0.3, 0.4) is 0 Å². The van der Waals surface area contributed by atoms with Crippen molar-refractivity contribution in [3.05, 3.63) is 29.6 Å². The standard InChI is InChI=1S/C29H53N/c1-3-5-7-9-11-13-15-17-19-21-24-28-26-23-27-29(30-28)25-22-20-18-16-14-12-10-8-6-4-2/h23,26-27H,3-22,24-25H2,1-2H3. The van der Waals surface area contributed by atoms with E-state index in [9.17, 15) is 0 Å². The average molecular weight is 416 g/mol. The van der Waals surface area contributed by atoms with Crippen LogP contribution in [-0.2, 0) is 12.8 Å². The molecule has 0 radical (unpaired) electrons. The summed E-state index contributed by atoms with van der Waals surface area (Å²) in [6.07, 6.45) is 30.5. The number of nitrogens with zero attached hydrogens (tertiary/aromatic N) is 1. The molecular formula is C29H53N. The maximum Gasteiger partial charge on any atom is 0.0406 e. The number of aromatic nitrogens is 1. The van der Waals surface area contributed by atoms with Gasteiger partial charge in [-0.3, -0.25) is 4.98 Å². The van der Waals surface area contributed by atoms with Gasteiger partial charge in [-0.25, -0.2) is 0 Å². The first kappa shape index (κ1) is 27.2. The molecule has 1 heterocycles. The summed E-state index contributed by atoms with van der Waals surface area (Å²) >= 11 is 0. The molecule has 0 aliphatic rings.